The van der Waals surface area contributed by atoms with Gasteiger partial charge in [0, 0.05) is 42.7 Å². The van der Waals surface area contributed by atoms with Crippen molar-refractivity contribution < 1.29 is 14.3 Å². The van der Waals surface area contributed by atoms with Gasteiger partial charge in [0.15, 0.2) is 0 Å². The Balaban J connectivity index is 2.00. The highest BCUT2D eigenvalue weighted by atomic mass is 16.5. The number of carbonyl (C=O) groups excluding carboxylic acids is 2. The predicted molar refractivity (Wildman–Crippen MR) is 106 cm³/mol. The molecular weight excluding hydrogens is 342 g/mol. The van der Waals surface area contributed by atoms with E-state index in [0.717, 1.165) is 54.6 Å². The number of primary amides is 1. The van der Waals surface area contributed by atoms with Crippen LogP contribution in [0.5, 0.6) is 5.75 Å². The lowest BCUT2D eigenvalue weighted by molar-refractivity contribution is -0.134. The lowest BCUT2D eigenvalue weighted by atomic mass is 9.93. The Kier molecular flexibility index (Phi) is 5.73. The standard InChI is InChI=1S/C21H29N3O3/c1-14(2)24-13-18(16-11-15(27-3)7-8-19(16)24)17(21(22)26)12-20(25)23-9-5-4-6-10-23/h7-8,11,13-14,17H,4-6,9-10,12H2,1-3H3,(H2,22,26). The Bertz CT molecular complexity index is 835. The van der Waals surface area contributed by atoms with Gasteiger partial charge in [0.1, 0.15) is 5.75 Å². The number of aromatic nitrogens is 1. The molecule has 1 unspecified atom stereocenters. The van der Waals surface area contributed by atoms with Gasteiger partial charge < -0.3 is 19.9 Å². The summed E-state index contributed by atoms with van der Waals surface area (Å²) >= 11 is 0. The summed E-state index contributed by atoms with van der Waals surface area (Å²) in [6.07, 6.45) is 5.29. The Hall–Kier alpha value is -2.50. The number of piperidine rings is 1. The largest absolute Gasteiger partial charge is 0.497 e. The van der Waals surface area contributed by atoms with Gasteiger partial charge in [-0.25, -0.2) is 0 Å². The normalized spacial score (nSPS) is 15.9. The Morgan fingerprint density at radius 2 is 1.89 bits per heavy atom. The zero-order valence-electron chi connectivity index (χ0n) is 16.4. The van der Waals surface area contributed by atoms with E-state index >= 15 is 0 Å². The molecule has 2 heterocycles. The predicted octanol–water partition coefficient (Wildman–Crippen LogP) is 3.20. The van der Waals surface area contributed by atoms with E-state index in [0.29, 0.717) is 0 Å². The molecule has 146 valence electrons. The van der Waals surface area contributed by atoms with Gasteiger partial charge in [-0.2, -0.15) is 0 Å². The summed E-state index contributed by atoms with van der Waals surface area (Å²) in [4.78, 5) is 26.9. The topological polar surface area (TPSA) is 77.6 Å². The highest BCUT2D eigenvalue weighted by Gasteiger charge is 2.28. The van der Waals surface area contributed by atoms with Crippen molar-refractivity contribution in [1.82, 2.24) is 9.47 Å². The maximum atomic E-state index is 12.8. The molecule has 0 bridgehead atoms. The average Bonchev–Trinajstić information content (AvgIpc) is 3.05. The van der Waals surface area contributed by atoms with Crippen molar-refractivity contribution in [2.75, 3.05) is 20.2 Å². The third-order valence-electron chi connectivity index (χ3n) is 5.43. The Labute approximate surface area is 160 Å². The van der Waals surface area contributed by atoms with Crippen LogP contribution in [-0.2, 0) is 9.59 Å². The van der Waals surface area contributed by atoms with Gasteiger partial charge in [-0.1, -0.05) is 0 Å². The molecule has 1 saturated heterocycles. The molecule has 2 N–H and O–H groups in total. The number of rotatable bonds is 6. The molecule has 3 rings (SSSR count). The molecule has 1 aliphatic heterocycles. The number of nitrogens with two attached hydrogens (primary N) is 1. The Morgan fingerprint density at radius 1 is 1.19 bits per heavy atom. The van der Waals surface area contributed by atoms with Crippen LogP contribution >= 0.6 is 0 Å². The van der Waals surface area contributed by atoms with Crippen LogP contribution in [0.4, 0.5) is 0 Å². The minimum Gasteiger partial charge on any atom is -0.497 e. The molecule has 1 fully saturated rings. The van der Waals surface area contributed by atoms with Crippen molar-refractivity contribution in [1.29, 1.82) is 0 Å². The molecule has 2 aromatic rings. The summed E-state index contributed by atoms with van der Waals surface area (Å²) in [6.45, 7) is 5.72. The van der Waals surface area contributed by atoms with E-state index in [1.807, 2.05) is 29.3 Å². The number of benzene rings is 1. The second-order valence-corrected chi connectivity index (χ2v) is 7.57. The quantitative estimate of drug-likeness (QED) is 0.847. The Morgan fingerprint density at radius 3 is 2.48 bits per heavy atom. The molecule has 0 saturated carbocycles. The molecule has 0 radical (unpaired) electrons. The fraction of sp³-hybridized carbons (Fsp3) is 0.524. The van der Waals surface area contributed by atoms with E-state index in [-0.39, 0.29) is 18.4 Å². The van der Waals surface area contributed by atoms with Crippen LogP contribution in [0.25, 0.3) is 10.9 Å². The third-order valence-corrected chi connectivity index (χ3v) is 5.43. The first-order valence-electron chi connectivity index (χ1n) is 9.68. The molecule has 27 heavy (non-hydrogen) atoms. The van der Waals surface area contributed by atoms with E-state index < -0.39 is 11.8 Å². The number of hydrogen-bond acceptors (Lipinski definition) is 3. The molecule has 6 heteroatoms. The molecule has 1 atom stereocenters. The molecular formula is C21H29N3O3. The number of amides is 2. The summed E-state index contributed by atoms with van der Waals surface area (Å²) < 4.78 is 7.48. The number of likely N-dealkylation sites (tertiary alicyclic amines) is 1. The summed E-state index contributed by atoms with van der Waals surface area (Å²) in [5.74, 6) is -0.386. The molecule has 1 aliphatic rings. The molecule has 1 aromatic heterocycles. The van der Waals surface area contributed by atoms with Crippen molar-refractivity contribution in [3.63, 3.8) is 0 Å². The van der Waals surface area contributed by atoms with Gasteiger partial charge in [-0.05, 0) is 56.9 Å². The number of carbonyl (C=O) groups is 2. The molecule has 6 nitrogen and oxygen atoms in total. The van der Waals surface area contributed by atoms with Gasteiger partial charge >= 0.3 is 0 Å². The zero-order chi connectivity index (χ0) is 19.6. The number of methoxy groups -OCH3 is 1. The molecule has 1 aromatic carbocycles. The van der Waals surface area contributed by atoms with Crippen LogP contribution in [0.15, 0.2) is 24.4 Å². The van der Waals surface area contributed by atoms with Crippen LogP contribution in [0, 0.1) is 0 Å². The summed E-state index contributed by atoms with van der Waals surface area (Å²) in [5, 5.41) is 0.915. The molecule has 2 amide bonds. The number of hydrogen-bond donors (Lipinski definition) is 1. The summed E-state index contributed by atoms with van der Waals surface area (Å²) in [5.41, 5.74) is 7.56. The van der Waals surface area contributed by atoms with Crippen molar-refractivity contribution in [2.45, 2.75) is 51.5 Å². The number of ether oxygens (including phenoxy) is 1. The minimum atomic E-state index is -0.644. The lowest BCUT2D eigenvalue weighted by Gasteiger charge is -2.28. The van der Waals surface area contributed by atoms with Gasteiger partial charge in [0.05, 0.1) is 13.0 Å². The van der Waals surface area contributed by atoms with E-state index in [9.17, 15) is 9.59 Å². The maximum Gasteiger partial charge on any atom is 0.225 e. The fourth-order valence-corrected chi connectivity index (χ4v) is 3.90. The van der Waals surface area contributed by atoms with Crippen LogP contribution in [0.3, 0.4) is 0 Å². The van der Waals surface area contributed by atoms with Gasteiger partial charge in [0.2, 0.25) is 11.8 Å². The van der Waals surface area contributed by atoms with Crippen LogP contribution < -0.4 is 10.5 Å². The monoisotopic (exact) mass is 371 g/mol. The second-order valence-electron chi connectivity index (χ2n) is 7.57. The van der Waals surface area contributed by atoms with Crippen molar-refractivity contribution in [3.8, 4) is 5.75 Å². The summed E-state index contributed by atoms with van der Waals surface area (Å²) in [7, 11) is 1.62. The van der Waals surface area contributed by atoms with Gasteiger partial charge in [0.25, 0.3) is 0 Å². The zero-order valence-corrected chi connectivity index (χ0v) is 16.4. The van der Waals surface area contributed by atoms with Crippen LogP contribution in [0.2, 0.25) is 0 Å². The first-order chi connectivity index (χ1) is 12.9. The third kappa shape index (κ3) is 3.94. The van der Waals surface area contributed by atoms with Gasteiger partial charge in [-0.3, -0.25) is 9.59 Å². The highest BCUT2D eigenvalue weighted by molar-refractivity contribution is 5.95. The van der Waals surface area contributed by atoms with Gasteiger partial charge in [-0.15, -0.1) is 0 Å². The highest BCUT2D eigenvalue weighted by Crippen LogP contribution is 2.34. The fourth-order valence-electron chi connectivity index (χ4n) is 3.90. The minimum absolute atomic E-state index is 0.00634. The SMILES string of the molecule is COc1ccc2c(c1)c(C(CC(=O)N1CCCCC1)C(N)=O)cn2C(C)C. The van der Waals surface area contributed by atoms with Crippen LogP contribution in [0.1, 0.15) is 57.1 Å². The van der Waals surface area contributed by atoms with E-state index in [1.54, 1.807) is 7.11 Å². The molecule has 0 aliphatic carbocycles. The summed E-state index contributed by atoms with van der Waals surface area (Å²) in [6, 6.07) is 6.04. The first kappa shape index (κ1) is 19.3. The van der Waals surface area contributed by atoms with Crippen LogP contribution in [-0.4, -0.2) is 41.5 Å². The second kappa shape index (κ2) is 8.03. The van der Waals surface area contributed by atoms with E-state index in [4.69, 9.17) is 10.5 Å². The van der Waals surface area contributed by atoms with Crippen molar-refractivity contribution in [3.05, 3.63) is 30.0 Å². The van der Waals surface area contributed by atoms with Crippen molar-refractivity contribution >= 4 is 22.7 Å². The number of nitrogens with zero attached hydrogens (tertiary/aromatic N) is 2. The van der Waals surface area contributed by atoms with E-state index in [2.05, 4.69) is 18.4 Å². The number of fused-ring (bicyclic) bond motifs is 1. The van der Waals surface area contributed by atoms with Crippen molar-refractivity contribution in [2.24, 2.45) is 5.73 Å². The van der Waals surface area contributed by atoms with E-state index in [1.165, 1.54) is 0 Å². The first-order valence-corrected chi connectivity index (χ1v) is 9.68. The average molecular weight is 371 g/mol. The molecule has 0 spiro atoms. The lowest BCUT2D eigenvalue weighted by Crippen LogP contribution is -2.37. The smallest absolute Gasteiger partial charge is 0.225 e. The maximum absolute atomic E-state index is 12.8.